The minimum Gasteiger partial charge on any atom is -0.493 e. The number of rotatable bonds is 5. The zero-order chi connectivity index (χ0) is 20.1. The minimum absolute atomic E-state index is 0.0832. The van der Waals surface area contributed by atoms with Gasteiger partial charge in [0.05, 0.1) is 25.3 Å². The summed E-state index contributed by atoms with van der Waals surface area (Å²) in [5.74, 6) is 1.30. The lowest BCUT2D eigenvalue weighted by Crippen LogP contribution is -2.38. The van der Waals surface area contributed by atoms with Crippen LogP contribution in [0.15, 0.2) is 36.7 Å². The lowest BCUT2D eigenvalue weighted by molar-refractivity contribution is 0.0697. The molecule has 0 bridgehead atoms. The fraction of sp³-hybridized carbons (Fsp3) is 0.381. The Morgan fingerprint density at radius 1 is 1.04 bits per heavy atom. The molecule has 1 saturated heterocycles. The molecule has 0 radical (unpaired) electrons. The monoisotopic (exact) mass is 383 g/mol. The van der Waals surface area contributed by atoms with Crippen molar-refractivity contribution in [3.63, 3.8) is 0 Å². The average Bonchev–Trinajstić information content (AvgIpc) is 2.73. The van der Waals surface area contributed by atoms with E-state index in [1.807, 2.05) is 4.90 Å². The second-order valence-electron chi connectivity index (χ2n) is 6.96. The quantitative estimate of drug-likeness (QED) is 0.857. The van der Waals surface area contributed by atoms with Crippen molar-refractivity contribution in [2.24, 2.45) is 5.92 Å². The average molecular weight is 383 g/mol. The molecule has 28 heavy (non-hydrogen) atoms. The fourth-order valence-electron chi connectivity index (χ4n) is 3.19. The summed E-state index contributed by atoms with van der Waals surface area (Å²) in [6.45, 7) is 3.67. The van der Waals surface area contributed by atoms with Gasteiger partial charge in [-0.05, 0) is 37.0 Å². The molecule has 2 amide bonds. The molecule has 1 aromatic heterocycles. The van der Waals surface area contributed by atoms with Crippen LogP contribution in [0.1, 0.15) is 40.5 Å². The summed E-state index contributed by atoms with van der Waals surface area (Å²) in [6.07, 6.45) is 4.95. The maximum atomic E-state index is 12.7. The molecule has 0 atom stereocenters. The van der Waals surface area contributed by atoms with Gasteiger partial charge in [0.25, 0.3) is 11.8 Å². The number of nitrogens with one attached hydrogen (secondary N) is 1. The number of ether oxygens (including phenoxy) is 2. The maximum absolute atomic E-state index is 12.7. The van der Waals surface area contributed by atoms with Gasteiger partial charge >= 0.3 is 0 Å². The van der Waals surface area contributed by atoms with E-state index in [1.165, 1.54) is 19.5 Å². The third-order valence-electron chi connectivity index (χ3n) is 4.96. The predicted octanol–water partition coefficient (Wildman–Crippen LogP) is 3.22. The highest BCUT2D eigenvalue weighted by atomic mass is 16.5. The van der Waals surface area contributed by atoms with Crippen LogP contribution in [0.3, 0.4) is 0 Å². The van der Waals surface area contributed by atoms with Crippen molar-refractivity contribution in [3.05, 3.63) is 47.8 Å². The highest BCUT2D eigenvalue weighted by molar-refractivity contribution is 6.06. The molecule has 1 fully saturated rings. The number of carbonyl (C=O) groups excluding carboxylic acids is 2. The zero-order valence-electron chi connectivity index (χ0n) is 16.4. The number of hydrogen-bond acceptors (Lipinski definition) is 5. The Labute approximate surface area is 164 Å². The van der Waals surface area contributed by atoms with E-state index in [0.717, 1.165) is 25.9 Å². The van der Waals surface area contributed by atoms with Crippen LogP contribution in [-0.4, -0.2) is 49.0 Å². The number of benzene rings is 1. The van der Waals surface area contributed by atoms with Gasteiger partial charge < -0.3 is 19.7 Å². The van der Waals surface area contributed by atoms with Gasteiger partial charge in [-0.25, -0.2) is 0 Å². The second kappa shape index (κ2) is 8.73. The minimum atomic E-state index is -0.346. The van der Waals surface area contributed by atoms with Crippen LogP contribution in [0, 0.1) is 5.92 Å². The lowest BCUT2D eigenvalue weighted by Gasteiger charge is -2.30. The van der Waals surface area contributed by atoms with Gasteiger partial charge in [-0.1, -0.05) is 6.92 Å². The molecule has 0 saturated carbocycles. The molecule has 7 nitrogen and oxygen atoms in total. The van der Waals surface area contributed by atoms with E-state index in [2.05, 4.69) is 17.2 Å². The molecule has 1 aliphatic rings. The number of aromatic nitrogens is 1. The second-order valence-corrected chi connectivity index (χ2v) is 6.96. The highest BCUT2D eigenvalue weighted by Crippen LogP contribution is 2.30. The van der Waals surface area contributed by atoms with Gasteiger partial charge in [0, 0.05) is 37.2 Å². The van der Waals surface area contributed by atoms with Crippen LogP contribution in [-0.2, 0) is 0 Å². The van der Waals surface area contributed by atoms with Crippen LogP contribution in [0.2, 0.25) is 0 Å². The largest absolute Gasteiger partial charge is 0.493 e. The van der Waals surface area contributed by atoms with Crippen LogP contribution < -0.4 is 14.8 Å². The van der Waals surface area contributed by atoms with Crippen molar-refractivity contribution in [1.29, 1.82) is 0 Å². The van der Waals surface area contributed by atoms with Crippen molar-refractivity contribution in [1.82, 2.24) is 9.88 Å². The molecular formula is C21H25N3O4. The first-order valence-corrected chi connectivity index (χ1v) is 9.29. The number of carbonyl (C=O) groups is 2. The topological polar surface area (TPSA) is 80.8 Å². The summed E-state index contributed by atoms with van der Waals surface area (Å²) < 4.78 is 10.4. The first-order chi connectivity index (χ1) is 13.5. The molecule has 2 aromatic rings. The van der Waals surface area contributed by atoms with Crippen LogP contribution in [0.5, 0.6) is 11.5 Å². The first-order valence-electron chi connectivity index (χ1n) is 9.29. The summed E-state index contributed by atoms with van der Waals surface area (Å²) in [4.78, 5) is 31.2. The van der Waals surface area contributed by atoms with Gasteiger partial charge in [0.2, 0.25) is 0 Å². The van der Waals surface area contributed by atoms with Crippen molar-refractivity contribution >= 4 is 17.5 Å². The van der Waals surface area contributed by atoms with Crippen molar-refractivity contribution in [3.8, 4) is 11.5 Å². The van der Waals surface area contributed by atoms with Crippen molar-refractivity contribution in [2.75, 3.05) is 32.6 Å². The summed E-state index contributed by atoms with van der Waals surface area (Å²) in [7, 11) is 3.08. The van der Waals surface area contributed by atoms with E-state index >= 15 is 0 Å². The summed E-state index contributed by atoms with van der Waals surface area (Å²) in [6, 6.07) is 6.69. The third-order valence-corrected chi connectivity index (χ3v) is 4.96. The Balaban J connectivity index is 1.73. The van der Waals surface area contributed by atoms with Crippen LogP contribution in [0.25, 0.3) is 0 Å². The number of likely N-dealkylation sites (tertiary alicyclic amines) is 1. The first kappa shape index (κ1) is 19.7. The SMILES string of the molecule is COc1ccc(NC(=O)c2cncc(C(=O)N3CCC(C)CC3)c2)cc1OC. The maximum Gasteiger partial charge on any atom is 0.257 e. The number of methoxy groups -OCH3 is 2. The number of pyridine rings is 1. The molecule has 0 unspecified atom stereocenters. The third kappa shape index (κ3) is 4.42. The molecule has 7 heteroatoms. The van der Waals surface area contributed by atoms with E-state index < -0.39 is 0 Å². The Bertz CT molecular complexity index is 860. The Morgan fingerprint density at radius 2 is 1.71 bits per heavy atom. The summed E-state index contributed by atoms with van der Waals surface area (Å²) >= 11 is 0. The molecule has 1 N–H and O–H groups in total. The molecule has 3 rings (SSSR count). The number of nitrogens with zero attached hydrogens (tertiary/aromatic N) is 2. The Hall–Kier alpha value is -3.09. The van der Waals surface area contributed by atoms with E-state index in [-0.39, 0.29) is 11.8 Å². The molecule has 2 heterocycles. The summed E-state index contributed by atoms with van der Waals surface area (Å²) in [5, 5.41) is 2.80. The van der Waals surface area contributed by atoms with Gasteiger partial charge in [-0.2, -0.15) is 0 Å². The van der Waals surface area contributed by atoms with Crippen LogP contribution in [0.4, 0.5) is 5.69 Å². The Morgan fingerprint density at radius 3 is 2.39 bits per heavy atom. The molecular weight excluding hydrogens is 358 g/mol. The number of piperidine rings is 1. The highest BCUT2D eigenvalue weighted by Gasteiger charge is 2.22. The standard InChI is InChI=1S/C21H25N3O4/c1-14-6-8-24(9-7-14)21(26)16-10-15(12-22-13-16)20(25)23-17-4-5-18(27-2)19(11-17)28-3/h4-5,10-14H,6-9H2,1-3H3,(H,23,25). The predicted molar refractivity (Wildman–Crippen MR) is 106 cm³/mol. The van der Waals surface area contributed by atoms with Crippen LogP contribution >= 0.6 is 0 Å². The van der Waals surface area contributed by atoms with E-state index in [1.54, 1.807) is 31.4 Å². The molecule has 148 valence electrons. The number of amides is 2. The fourth-order valence-corrected chi connectivity index (χ4v) is 3.19. The lowest BCUT2D eigenvalue weighted by atomic mass is 9.98. The van der Waals surface area contributed by atoms with Crippen molar-refractivity contribution in [2.45, 2.75) is 19.8 Å². The van der Waals surface area contributed by atoms with E-state index in [0.29, 0.717) is 34.2 Å². The Kier molecular flexibility index (Phi) is 6.13. The van der Waals surface area contributed by atoms with Gasteiger partial charge in [-0.3, -0.25) is 14.6 Å². The number of hydrogen-bond donors (Lipinski definition) is 1. The van der Waals surface area contributed by atoms with Crippen molar-refractivity contribution < 1.29 is 19.1 Å². The van der Waals surface area contributed by atoms with Gasteiger partial charge in [0.15, 0.2) is 11.5 Å². The van der Waals surface area contributed by atoms with Gasteiger partial charge in [-0.15, -0.1) is 0 Å². The molecule has 1 aliphatic heterocycles. The van der Waals surface area contributed by atoms with E-state index in [9.17, 15) is 9.59 Å². The molecule has 0 spiro atoms. The zero-order valence-corrected chi connectivity index (χ0v) is 16.4. The normalized spacial score (nSPS) is 14.5. The number of anilines is 1. The molecule has 0 aliphatic carbocycles. The van der Waals surface area contributed by atoms with E-state index in [4.69, 9.17) is 9.47 Å². The summed E-state index contributed by atoms with van der Waals surface area (Å²) in [5.41, 5.74) is 1.31. The molecule has 1 aromatic carbocycles. The smallest absolute Gasteiger partial charge is 0.257 e. The van der Waals surface area contributed by atoms with Gasteiger partial charge in [0.1, 0.15) is 0 Å².